The Kier molecular flexibility index (Phi) is 5.21. The number of aryl methyl sites for hydroxylation is 1. The molecular weight excluding hydrogens is 306 g/mol. The number of amides is 1. The Bertz CT molecular complexity index is 605. The quantitative estimate of drug-likeness (QED) is 0.793. The minimum atomic E-state index is -0.540. The van der Waals surface area contributed by atoms with Crippen LogP contribution in [0.4, 0.5) is 0 Å². The number of imidazole rings is 1. The highest BCUT2D eigenvalue weighted by Crippen LogP contribution is 2.30. The predicted octanol–water partition coefficient (Wildman–Crippen LogP) is 2.30. The van der Waals surface area contributed by atoms with Gasteiger partial charge in [-0.3, -0.25) is 4.79 Å². The van der Waals surface area contributed by atoms with Gasteiger partial charge in [-0.15, -0.1) is 0 Å². The van der Waals surface area contributed by atoms with Crippen molar-refractivity contribution in [3.8, 4) is 0 Å². The molecule has 1 amide bonds. The summed E-state index contributed by atoms with van der Waals surface area (Å²) in [4.78, 5) is 31.5. The lowest BCUT2D eigenvalue weighted by atomic mass is 9.87. The van der Waals surface area contributed by atoms with E-state index >= 15 is 0 Å². The predicted molar refractivity (Wildman–Crippen MR) is 89.2 cm³/mol. The SMILES string of the molecule is CCCn1cnc2c1CN(C(=O)C1CCCCC1)C(C(=O)OC)C2. The Morgan fingerprint density at radius 2 is 2.04 bits per heavy atom. The Labute approximate surface area is 143 Å². The highest BCUT2D eigenvalue weighted by molar-refractivity contribution is 5.86. The molecule has 2 heterocycles. The zero-order valence-electron chi connectivity index (χ0n) is 14.7. The van der Waals surface area contributed by atoms with Gasteiger partial charge in [-0.25, -0.2) is 9.78 Å². The molecule has 1 aromatic heterocycles. The normalized spacial score (nSPS) is 21.4. The number of rotatable bonds is 4. The summed E-state index contributed by atoms with van der Waals surface area (Å²) in [7, 11) is 1.39. The highest BCUT2D eigenvalue weighted by Gasteiger charge is 2.39. The number of carbonyl (C=O) groups excluding carboxylic acids is 2. The number of hydrogen-bond donors (Lipinski definition) is 0. The van der Waals surface area contributed by atoms with Crippen LogP contribution in [0.2, 0.25) is 0 Å². The second-order valence-electron chi connectivity index (χ2n) is 6.88. The van der Waals surface area contributed by atoms with Crippen molar-refractivity contribution in [2.75, 3.05) is 7.11 Å². The van der Waals surface area contributed by atoms with Crippen molar-refractivity contribution in [3.63, 3.8) is 0 Å². The van der Waals surface area contributed by atoms with Crippen LogP contribution in [-0.4, -0.2) is 39.5 Å². The van der Waals surface area contributed by atoms with Crippen LogP contribution in [-0.2, 0) is 33.8 Å². The van der Waals surface area contributed by atoms with Gasteiger partial charge in [-0.2, -0.15) is 0 Å². The summed E-state index contributed by atoms with van der Waals surface area (Å²) in [5.41, 5.74) is 1.99. The first-order valence-electron chi connectivity index (χ1n) is 9.06. The van der Waals surface area contributed by atoms with Gasteiger partial charge in [0.15, 0.2) is 0 Å². The molecule has 0 N–H and O–H groups in total. The maximum Gasteiger partial charge on any atom is 0.329 e. The first-order chi connectivity index (χ1) is 11.7. The van der Waals surface area contributed by atoms with Crippen LogP contribution < -0.4 is 0 Å². The van der Waals surface area contributed by atoms with E-state index in [-0.39, 0.29) is 17.8 Å². The minimum Gasteiger partial charge on any atom is -0.467 e. The Balaban J connectivity index is 1.87. The van der Waals surface area contributed by atoms with E-state index in [1.807, 2.05) is 6.33 Å². The van der Waals surface area contributed by atoms with E-state index in [2.05, 4.69) is 16.5 Å². The van der Waals surface area contributed by atoms with Crippen molar-refractivity contribution in [3.05, 3.63) is 17.7 Å². The molecule has 1 aromatic rings. The first-order valence-corrected chi connectivity index (χ1v) is 9.06. The lowest BCUT2D eigenvalue weighted by Crippen LogP contribution is -2.51. The zero-order chi connectivity index (χ0) is 17.1. The lowest BCUT2D eigenvalue weighted by Gasteiger charge is -2.37. The van der Waals surface area contributed by atoms with Crippen molar-refractivity contribution in [2.45, 2.75) is 71.0 Å². The summed E-state index contributed by atoms with van der Waals surface area (Å²) >= 11 is 0. The molecule has 2 aliphatic rings. The van der Waals surface area contributed by atoms with Crippen LogP contribution in [0.3, 0.4) is 0 Å². The first kappa shape index (κ1) is 17.0. The number of ether oxygens (including phenoxy) is 1. The molecule has 132 valence electrons. The molecular formula is C18H27N3O3. The molecule has 1 fully saturated rings. The van der Waals surface area contributed by atoms with Crippen molar-refractivity contribution < 1.29 is 14.3 Å². The smallest absolute Gasteiger partial charge is 0.329 e. The summed E-state index contributed by atoms with van der Waals surface area (Å²) in [5.74, 6) is -0.176. The van der Waals surface area contributed by atoms with Gasteiger partial charge >= 0.3 is 5.97 Å². The third-order valence-corrected chi connectivity index (χ3v) is 5.29. The van der Waals surface area contributed by atoms with Gasteiger partial charge in [0.2, 0.25) is 5.91 Å². The summed E-state index contributed by atoms with van der Waals surface area (Å²) < 4.78 is 7.07. The standard InChI is InChI=1S/C18H27N3O3/c1-3-9-20-12-19-14-10-15(18(23)24-2)21(11-16(14)20)17(22)13-7-5-4-6-8-13/h12-13,15H,3-11H2,1-2H3. The zero-order valence-corrected chi connectivity index (χ0v) is 14.7. The van der Waals surface area contributed by atoms with Crippen LogP contribution in [0.15, 0.2) is 6.33 Å². The van der Waals surface area contributed by atoms with Gasteiger partial charge in [0.05, 0.1) is 31.4 Å². The number of esters is 1. The number of carbonyl (C=O) groups is 2. The van der Waals surface area contributed by atoms with E-state index in [1.165, 1.54) is 13.5 Å². The van der Waals surface area contributed by atoms with Crippen molar-refractivity contribution >= 4 is 11.9 Å². The maximum atomic E-state index is 13.1. The van der Waals surface area contributed by atoms with Crippen LogP contribution in [0.5, 0.6) is 0 Å². The molecule has 0 aromatic carbocycles. The molecule has 1 unspecified atom stereocenters. The molecule has 1 aliphatic heterocycles. The summed E-state index contributed by atoms with van der Waals surface area (Å²) in [5, 5.41) is 0. The van der Waals surface area contributed by atoms with E-state index in [1.54, 1.807) is 4.90 Å². The van der Waals surface area contributed by atoms with Gasteiger partial charge in [-0.1, -0.05) is 26.2 Å². The third-order valence-electron chi connectivity index (χ3n) is 5.29. The summed E-state index contributed by atoms with van der Waals surface area (Å²) in [6, 6.07) is -0.540. The molecule has 0 saturated heterocycles. The number of methoxy groups -OCH3 is 1. The molecule has 1 atom stereocenters. The number of hydrogen-bond acceptors (Lipinski definition) is 4. The Morgan fingerprint density at radius 3 is 2.71 bits per heavy atom. The van der Waals surface area contributed by atoms with Crippen molar-refractivity contribution in [1.29, 1.82) is 0 Å². The van der Waals surface area contributed by atoms with E-state index in [0.717, 1.165) is 50.0 Å². The minimum absolute atomic E-state index is 0.0509. The lowest BCUT2D eigenvalue weighted by molar-refractivity contribution is -0.156. The van der Waals surface area contributed by atoms with Crippen LogP contribution >= 0.6 is 0 Å². The van der Waals surface area contributed by atoms with E-state index in [4.69, 9.17) is 4.74 Å². The maximum absolute atomic E-state index is 13.1. The topological polar surface area (TPSA) is 64.4 Å². The fraction of sp³-hybridized carbons (Fsp3) is 0.722. The average molecular weight is 333 g/mol. The molecule has 6 nitrogen and oxygen atoms in total. The average Bonchev–Trinajstić information content (AvgIpc) is 3.02. The number of nitrogens with zero attached hydrogens (tertiary/aromatic N) is 3. The second kappa shape index (κ2) is 7.36. The molecule has 3 rings (SSSR count). The van der Waals surface area contributed by atoms with Gasteiger partial charge < -0.3 is 14.2 Å². The Morgan fingerprint density at radius 1 is 1.29 bits per heavy atom. The molecule has 1 aliphatic carbocycles. The summed E-state index contributed by atoms with van der Waals surface area (Å²) in [6.07, 6.45) is 8.58. The second-order valence-corrected chi connectivity index (χ2v) is 6.88. The number of aromatic nitrogens is 2. The van der Waals surface area contributed by atoms with Crippen LogP contribution in [0.1, 0.15) is 56.8 Å². The van der Waals surface area contributed by atoms with Crippen molar-refractivity contribution in [1.82, 2.24) is 14.5 Å². The van der Waals surface area contributed by atoms with E-state index in [9.17, 15) is 9.59 Å². The monoisotopic (exact) mass is 333 g/mol. The van der Waals surface area contributed by atoms with Gasteiger partial charge in [0.25, 0.3) is 0 Å². The van der Waals surface area contributed by atoms with Crippen molar-refractivity contribution in [2.24, 2.45) is 5.92 Å². The fourth-order valence-corrected chi connectivity index (χ4v) is 3.96. The molecule has 6 heteroatoms. The molecule has 0 bridgehead atoms. The molecule has 0 spiro atoms. The van der Waals surface area contributed by atoms with Crippen LogP contribution in [0, 0.1) is 5.92 Å². The molecule has 0 radical (unpaired) electrons. The molecule has 1 saturated carbocycles. The Hall–Kier alpha value is -1.85. The highest BCUT2D eigenvalue weighted by atomic mass is 16.5. The van der Waals surface area contributed by atoms with E-state index < -0.39 is 6.04 Å². The summed E-state index contributed by atoms with van der Waals surface area (Å²) in [6.45, 7) is 3.47. The molecule has 24 heavy (non-hydrogen) atoms. The van der Waals surface area contributed by atoms with Gasteiger partial charge in [-0.05, 0) is 19.3 Å². The van der Waals surface area contributed by atoms with Crippen LogP contribution in [0.25, 0.3) is 0 Å². The third kappa shape index (κ3) is 3.19. The fourth-order valence-electron chi connectivity index (χ4n) is 3.96. The number of fused-ring (bicyclic) bond motifs is 1. The van der Waals surface area contributed by atoms with E-state index in [0.29, 0.717) is 13.0 Å². The van der Waals surface area contributed by atoms with Gasteiger partial charge in [0.1, 0.15) is 6.04 Å². The van der Waals surface area contributed by atoms with Gasteiger partial charge in [0, 0.05) is 18.9 Å². The largest absolute Gasteiger partial charge is 0.467 e.